The maximum absolute atomic E-state index is 11.4. The van der Waals surface area contributed by atoms with Crippen LogP contribution < -0.4 is 5.32 Å². The Kier molecular flexibility index (Phi) is 3.50. The predicted molar refractivity (Wildman–Crippen MR) is 64.0 cm³/mol. The maximum Gasteiger partial charge on any atom is 0.240 e. The molecular weight excluding hydrogens is 216 g/mol. The lowest BCUT2D eigenvalue weighted by atomic mass is 10.1. The van der Waals surface area contributed by atoms with E-state index in [0.717, 1.165) is 18.4 Å². The number of terminal acetylenes is 1. The molecule has 0 aromatic carbocycles. The first-order valence-electron chi connectivity index (χ1n) is 5.74. The van der Waals surface area contributed by atoms with E-state index in [1.165, 1.54) is 0 Å². The molecule has 1 saturated carbocycles. The zero-order valence-electron chi connectivity index (χ0n) is 9.60. The lowest BCUT2D eigenvalue weighted by molar-refractivity contribution is -0.121. The van der Waals surface area contributed by atoms with Crippen LogP contribution in [0.25, 0.3) is 0 Å². The van der Waals surface area contributed by atoms with Gasteiger partial charge in [-0.1, -0.05) is 5.92 Å². The van der Waals surface area contributed by atoms with Gasteiger partial charge in [0, 0.05) is 12.4 Å². The Bertz CT molecular complexity index is 441. The van der Waals surface area contributed by atoms with Gasteiger partial charge in [0.05, 0.1) is 12.6 Å². The summed E-state index contributed by atoms with van der Waals surface area (Å²) >= 11 is 0. The molecule has 1 unspecified atom stereocenters. The van der Waals surface area contributed by atoms with Crippen LogP contribution in [0.1, 0.15) is 24.5 Å². The van der Waals surface area contributed by atoms with Crippen molar-refractivity contribution < 1.29 is 9.90 Å². The van der Waals surface area contributed by atoms with Crippen LogP contribution in [0.4, 0.5) is 0 Å². The number of carbonyl (C=O) groups is 1. The smallest absolute Gasteiger partial charge is 0.240 e. The van der Waals surface area contributed by atoms with Crippen molar-refractivity contribution in [1.82, 2.24) is 9.88 Å². The third-order valence-electron chi connectivity index (χ3n) is 2.90. The Morgan fingerprint density at radius 3 is 3.12 bits per heavy atom. The summed E-state index contributed by atoms with van der Waals surface area (Å²) in [5, 5.41) is 12.5. The van der Waals surface area contributed by atoms with E-state index in [9.17, 15) is 9.90 Å². The van der Waals surface area contributed by atoms with Gasteiger partial charge >= 0.3 is 0 Å². The molecule has 2 N–H and O–H groups in total. The number of nitrogens with one attached hydrogen (secondary N) is 1. The van der Waals surface area contributed by atoms with Crippen molar-refractivity contribution in [2.45, 2.75) is 25.5 Å². The van der Waals surface area contributed by atoms with Gasteiger partial charge in [-0.3, -0.25) is 4.79 Å². The van der Waals surface area contributed by atoms with Crippen molar-refractivity contribution in [3.05, 3.63) is 24.0 Å². The molecule has 0 radical (unpaired) electrons. The first-order chi connectivity index (χ1) is 8.20. The number of hydrogen-bond donors (Lipinski definition) is 2. The minimum Gasteiger partial charge on any atom is -0.388 e. The topological polar surface area (TPSA) is 54.3 Å². The summed E-state index contributed by atoms with van der Waals surface area (Å²) in [6.07, 6.45) is 10.5. The predicted octanol–water partition coefficient (Wildman–Crippen LogP) is 0.681. The van der Waals surface area contributed by atoms with E-state index in [0.29, 0.717) is 5.92 Å². The second kappa shape index (κ2) is 5.07. The molecule has 2 rings (SSSR count). The highest BCUT2D eigenvalue weighted by Crippen LogP contribution is 2.40. The quantitative estimate of drug-likeness (QED) is 0.734. The highest BCUT2D eigenvalue weighted by molar-refractivity contribution is 5.76. The van der Waals surface area contributed by atoms with Gasteiger partial charge in [-0.15, -0.1) is 6.42 Å². The van der Waals surface area contributed by atoms with Crippen LogP contribution in [0.3, 0.4) is 0 Å². The molecule has 1 atom stereocenters. The number of nitrogens with zero attached hydrogens (tertiary/aromatic N) is 1. The molecule has 1 aliphatic rings. The van der Waals surface area contributed by atoms with Gasteiger partial charge in [0.2, 0.25) is 5.91 Å². The summed E-state index contributed by atoms with van der Waals surface area (Å²) in [5.41, 5.74) is 0.886. The lowest BCUT2D eigenvalue weighted by Crippen LogP contribution is -2.27. The molecular formula is C13H16N2O2. The molecule has 4 heteroatoms. The van der Waals surface area contributed by atoms with Crippen molar-refractivity contribution in [3.8, 4) is 12.3 Å². The fraction of sp³-hybridized carbons (Fsp3) is 0.462. The second-order valence-corrected chi connectivity index (χ2v) is 4.38. The lowest BCUT2D eigenvalue weighted by Gasteiger charge is -2.06. The van der Waals surface area contributed by atoms with Crippen molar-refractivity contribution in [1.29, 1.82) is 0 Å². The number of aliphatic hydroxyl groups is 1. The SMILES string of the molecule is C#CCNC(=O)Cn1ccc(C(O)C2CC2)c1. The minimum absolute atomic E-state index is 0.119. The molecule has 1 heterocycles. The highest BCUT2D eigenvalue weighted by Gasteiger charge is 2.31. The zero-order chi connectivity index (χ0) is 12.3. The Labute approximate surface area is 101 Å². The molecule has 1 aromatic rings. The Hall–Kier alpha value is -1.73. The monoisotopic (exact) mass is 232 g/mol. The van der Waals surface area contributed by atoms with Gasteiger partial charge in [-0.2, -0.15) is 0 Å². The molecule has 0 aliphatic heterocycles. The van der Waals surface area contributed by atoms with Gasteiger partial charge in [-0.05, 0) is 30.4 Å². The Morgan fingerprint density at radius 2 is 2.47 bits per heavy atom. The van der Waals surface area contributed by atoms with E-state index < -0.39 is 0 Å². The highest BCUT2D eigenvalue weighted by atomic mass is 16.3. The van der Waals surface area contributed by atoms with Gasteiger partial charge in [0.15, 0.2) is 0 Å². The van der Waals surface area contributed by atoms with Crippen LogP contribution in [0.5, 0.6) is 0 Å². The third kappa shape index (κ3) is 3.11. The van der Waals surface area contributed by atoms with Gasteiger partial charge in [-0.25, -0.2) is 0 Å². The summed E-state index contributed by atoms with van der Waals surface area (Å²) in [7, 11) is 0. The molecule has 0 spiro atoms. The van der Waals surface area contributed by atoms with Crippen LogP contribution in [-0.2, 0) is 11.3 Å². The van der Waals surface area contributed by atoms with Gasteiger partial charge in [0.1, 0.15) is 6.54 Å². The average molecular weight is 232 g/mol. The molecule has 0 bridgehead atoms. The third-order valence-corrected chi connectivity index (χ3v) is 2.90. The number of rotatable bonds is 5. The van der Waals surface area contributed by atoms with Crippen LogP contribution >= 0.6 is 0 Å². The average Bonchev–Trinajstić information content (AvgIpc) is 3.06. The Balaban J connectivity index is 1.89. The number of amides is 1. The van der Waals surface area contributed by atoms with Crippen molar-refractivity contribution >= 4 is 5.91 Å². The van der Waals surface area contributed by atoms with E-state index >= 15 is 0 Å². The van der Waals surface area contributed by atoms with Crippen molar-refractivity contribution in [2.24, 2.45) is 5.92 Å². The van der Waals surface area contributed by atoms with Crippen LogP contribution in [0, 0.1) is 18.3 Å². The number of carbonyl (C=O) groups excluding carboxylic acids is 1. The molecule has 90 valence electrons. The second-order valence-electron chi connectivity index (χ2n) is 4.38. The maximum atomic E-state index is 11.4. The fourth-order valence-corrected chi connectivity index (χ4v) is 1.79. The van der Waals surface area contributed by atoms with Gasteiger partial charge in [0.25, 0.3) is 0 Å². The number of aromatic nitrogens is 1. The first-order valence-corrected chi connectivity index (χ1v) is 5.74. The standard InChI is InChI=1S/C13H16N2O2/c1-2-6-14-12(16)9-15-7-5-11(8-15)13(17)10-3-4-10/h1,5,7-8,10,13,17H,3-4,6,9H2,(H,14,16). The van der Waals surface area contributed by atoms with Crippen LogP contribution in [0.15, 0.2) is 18.5 Å². The summed E-state index contributed by atoms with van der Waals surface area (Å²) in [4.78, 5) is 11.4. The molecule has 17 heavy (non-hydrogen) atoms. The molecule has 1 amide bonds. The summed E-state index contributed by atoms with van der Waals surface area (Å²) in [6, 6.07) is 1.86. The van der Waals surface area contributed by atoms with Crippen molar-refractivity contribution in [2.75, 3.05) is 6.54 Å². The molecule has 1 aliphatic carbocycles. The van der Waals surface area contributed by atoms with Crippen LogP contribution in [0.2, 0.25) is 0 Å². The summed E-state index contributed by atoms with van der Waals surface area (Å²) in [6.45, 7) is 0.483. The van der Waals surface area contributed by atoms with Crippen LogP contribution in [-0.4, -0.2) is 22.1 Å². The fourth-order valence-electron chi connectivity index (χ4n) is 1.79. The summed E-state index contributed by atoms with van der Waals surface area (Å²) in [5.74, 6) is 2.63. The van der Waals surface area contributed by atoms with Gasteiger partial charge < -0.3 is 15.0 Å². The van der Waals surface area contributed by atoms with E-state index in [-0.39, 0.29) is 25.1 Å². The zero-order valence-corrected chi connectivity index (χ0v) is 9.60. The number of aliphatic hydroxyl groups excluding tert-OH is 1. The molecule has 4 nitrogen and oxygen atoms in total. The molecule has 0 saturated heterocycles. The first kappa shape index (κ1) is 11.7. The number of hydrogen-bond acceptors (Lipinski definition) is 2. The Morgan fingerprint density at radius 1 is 1.71 bits per heavy atom. The van der Waals surface area contributed by atoms with E-state index in [4.69, 9.17) is 6.42 Å². The largest absolute Gasteiger partial charge is 0.388 e. The molecule has 1 fully saturated rings. The van der Waals surface area contributed by atoms with Crippen molar-refractivity contribution in [3.63, 3.8) is 0 Å². The van der Waals surface area contributed by atoms with E-state index in [1.807, 2.05) is 12.3 Å². The molecule has 1 aromatic heterocycles. The van der Waals surface area contributed by atoms with E-state index in [2.05, 4.69) is 11.2 Å². The minimum atomic E-state index is -0.384. The summed E-state index contributed by atoms with van der Waals surface area (Å²) < 4.78 is 1.76. The van der Waals surface area contributed by atoms with E-state index in [1.54, 1.807) is 10.8 Å². The normalized spacial score (nSPS) is 16.2.